The summed E-state index contributed by atoms with van der Waals surface area (Å²) in [4.78, 5) is 14.6. The van der Waals surface area contributed by atoms with Gasteiger partial charge in [0.15, 0.2) is 0 Å². The van der Waals surface area contributed by atoms with Crippen molar-refractivity contribution >= 4 is 11.8 Å². The summed E-state index contributed by atoms with van der Waals surface area (Å²) in [5.74, 6) is -0.520. The van der Waals surface area contributed by atoms with Crippen molar-refractivity contribution in [3.8, 4) is 0 Å². The van der Waals surface area contributed by atoms with Gasteiger partial charge in [-0.2, -0.15) is 0 Å². The molecule has 0 spiro atoms. The van der Waals surface area contributed by atoms with E-state index >= 15 is 0 Å². The van der Waals surface area contributed by atoms with Gasteiger partial charge in [0.25, 0.3) is 0 Å². The third-order valence-electron chi connectivity index (χ3n) is 2.40. The number of aliphatic hydroxyl groups excluding tert-OH is 1. The number of nitrogens with zero attached hydrogens (tertiary/aromatic N) is 4. The fourth-order valence-electron chi connectivity index (χ4n) is 1.46. The van der Waals surface area contributed by atoms with Crippen molar-refractivity contribution in [3.63, 3.8) is 0 Å². The lowest BCUT2D eigenvalue weighted by molar-refractivity contribution is 0.0696. The Morgan fingerprint density at radius 1 is 1.47 bits per heavy atom. The summed E-state index contributed by atoms with van der Waals surface area (Å²) in [7, 11) is 0. The molecular formula is C11H13N5O3. The van der Waals surface area contributed by atoms with Crippen molar-refractivity contribution in [1.29, 1.82) is 0 Å². The van der Waals surface area contributed by atoms with E-state index in [1.807, 2.05) is 0 Å². The number of aliphatic hydroxyl groups is 1. The lowest BCUT2D eigenvalue weighted by Gasteiger charge is -2.11. The molecule has 1 unspecified atom stereocenters. The van der Waals surface area contributed by atoms with Crippen molar-refractivity contribution in [3.05, 3.63) is 36.3 Å². The standard InChI is InChI=1S/C11H13N5O3/c17-9(7-16-4-3-14-15-16)6-13-10-2-1-8(5-12-10)11(18)19/h1-5,9,17H,6-7H2,(H,12,13)(H,18,19). The van der Waals surface area contributed by atoms with Gasteiger partial charge >= 0.3 is 5.97 Å². The summed E-state index contributed by atoms with van der Waals surface area (Å²) in [5.41, 5.74) is 0.119. The van der Waals surface area contributed by atoms with E-state index < -0.39 is 12.1 Å². The molecule has 2 aromatic heterocycles. The number of pyridine rings is 1. The van der Waals surface area contributed by atoms with Crippen molar-refractivity contribution in [2.75, 3.05) is 11.9 Å². The minimum atomic E-state index is -1.02. The molecule has 8 nitrogen and oxygen atoms in total. The first-order valence-electron chi connectivity index (χ1n) is 5.60. The Hall–Kier alpha value is -2.48. The number of rotatable bonds is 6. The maximum Gasteiger partial charge on any atom is 0.337 e. The third kappa shape index (κ3) is 3.75. The van der Waals surface area contributed by atoms with E-state index in [1.165, 1.54) is 23.1 Å². The average molecular weight is 263 g/mol. The molecule has 0 bridgehead atoms. The summed E-state index contributed by atoms with van der Waals surface area (Å²) in [5, 5.41) is 28.8. The van der Waals surface area contributed by atoms with Crippen LogP contribution in [0.4, 0.5) is 5.82 Å². The smallest absolute Gasteiger partial charge is 0.337 e. The zero-order valence-electron chi connectivity index (χ0n) is 9.97. The van der Waals surface area contributed by atoms with Gasteiger partial charge in [-0.25, -0.2) is 14.5 Å². The normalized spacial score (nSPS) is 12.1. The molecule has 0 saturated carbocycles. The van der Waals surface area contributed by atoms with Crippen LogP contribution in [0.2, 0.25) is 0 Å². The molecule has 2 heterocycles. The van der Waals surface area contributed by atoms with Crippen molar-refractivity contribution in [1.82, 2.24) is 20.0 Å². The predicted octanol–water partition coefficient (Wildman–Crippen LogP) is -0.156. The summed E-state index contributed by atoms with van der Waals surface area (Å²) in [6, 6.07) is 2.99. The number of aromatic nitrogens is 4. The Balaban J connectivity index is 1.83. The third-order valence-corrected chi connectivity index (χ3v) is 2.40. The van der Waals surface area contributed by atoms with Gasteiger partial charge in [-0.05, 0) is 12.1 Å². The molecule has 0 aliphatic heterocycles. The molecule has 8 heteroatoms. The van der Waals surface area contributed by atoms with Crippen LogP contribution >= 0.6 is 0 Å². The second-order valence-electron chi connectivity index (χ2n) is 3.90. The van der Waals surface area contributed by atoms with Crippen LogP contribution in [-0.4, -0.2) is 48.8 Å². The van der Waals surface area contributed by atoms with Crippen LogP contribution < -0.4 is 5.32 Å². The topological polar surface area (TPSA) is 113 Å². The van der Waals surface area contributed by atoms with E-state index in [9.17, 15) is 9.90 Å². The summed E-state index contributed by atoms with van der Waals surface area (Å²) >= 11 is 0. The highest BCUT2D eigenvalue weighted by Gasteiger charge is 2.07. The molecule has 3 N–H and O–H groups in total. The number of hydrogen-bond donors (Lipinski definition) is 3. The van der Waals surface area contributed by atoms with Crippen LogP contribution in [-0.2, 0) is 6.54 Å². The lowest BCUT2D eigenvalue weighted by atomic mass is 10.3. The number of carboxylic acid groups (broad SMARTS) is 1. The predicted molar refractivity (Wildman–Crippen MR) is 65.7 cm³/mol. The first kappa shape index (κ1) is 13.0. The average Bonchev–Trinajstić information content (AvgIpc) is 2.89. The highest BCUT2D eigenvalue weighted by atomic mass is 16.4. The Morgan fingerprint density at radius 3 is 2.89 bits per heavy atom. The first-order chi connectivity index (χ1) is 9.15. The highest BCUT2D eigenvalue weighted by molar-refractivity contribution is 5.87. The zero-order valence-corrected chi connectivity index (χ0v) is 9.97. The Labute approximate surface area is 108 Å². The highest BCUT2D eigenvalue weighted by Crippen LogP contribution is 2.05. The van der Waals surface area contributed by atoms with Gasteiger partial charge in [0.1, 0.15) is 5.82 Å². The van der Waals surface area contributed by atoms with E-state index in [0.29, 0.717) is 12.4 Å². The molecule has 0 radical (unpaired) electrons. The monoisotopic (exact) mass is 263 g/mol. The largest absolute Gasteiger partial charge is 0.478 e. The van der Waals surface area contributed by atoms with E-state index in [-0.39, 0.29) is 12.1 Å². The molecular weight excluding hydrogens is 250 g/mol. The molecule has 2 aromatic rings. The van der Waals surface area contributed by atoms with Crippen LogP contribution in [0, 0.1) is 0 Å². The Morgan fingerprint density at radius 2 is 2.32 bits per heavy atom. The fraction of sp³-hybridized carbons (Fsp3) is 0.273. The SMILES string of the molecule is O=C(O)c1ccc(NCC(O)Cn2ccnn2)nc1. The zero-order chi connectivity index (χ0) is 13.7. The molecule has 0 saturated heterocycles. The van der Waals surface area contributed by atoms with Gasteiger partial charge in [0.2, 0.25) is 0 Å². The van der Waals surface area contributed by atoms with Gasteiger partial charge < -0.3 is 15.5 Å². The lowest BCUT2D eigenvalue weighted by Crippen LogP contribution is -2.25. The van der Waals surface area contributed by atoms with Gasteiger partial charge in [-0.1, -0.05) is 5.21 Å². The van der Waals surface area contributed by atoms with E-state index in [2.05, 4.69) is 20.6 Å². The van der Waals surface area contributed by atoms with Gasteiger partial charge in [0.05, 0.1) is 24.4 Å². The van der Waals surface area contributed by atoms with Crippen LogP contribution in [0.1, 0.15) is 10.4 Å². The summed E-state index contributed by atoms with van der Waals surface area (Å²) in [6.07, 6.45) is 3.80. The molecule has 0 aromatic carbocycles. The minimum absolute atomic E-state index is 0.119. The molecule has 0 aliphatic rings. The molecule has 19 heavy (non-hydrogen) atoms. The van der Waals surface area contributed by atoms with Crippen LogP contribution in [0.25, 0.3) is 0 Å². The van der Waals surface area contributed by atoms with Gasteiger partial charge in [-0.15, -0.1) is 5.10 Å². The fourth-order valence-corrected chi connectivity index (χ4v) is 1.46. The van der Waals surface area contributed by atoms with Crippen LogP contribution in [0.5, 0.6) is 0 Å². The van der Waals surface area contributed by atoms with Crippen LogP contribution in [0.15, 0.2) is 30.7 Å². The van der Waals surface area contributed by atoms with Crippen molar-refractivity contribution in [2.45, 2.75) is 12.6 Å². The van der Waals surface area contributed by atoms with Crippen molar-refractivity contribution in [2.24, 2.45) is 0 Å². The molecule has 0 aliphatic carbocycles. The first-order valence-corrected chi connectivity index (χ1v) is 5.60. The molecule has 2 rings (SSSR count). The summed E-state index contributed by atoms with van der Waals surface area (Å²) in [6.45, 7) is 0.597. The maximum atomic E-state index is 10.6. The number of carboxylic acids is 1. The number of aromatic carboxylic acids is 1. The van der Waals surface area contributed by atoms with E-state index in [4.69, 9.17) is 5.11 Å². The summed E-state index contributed by atoms with van der Waals surface area (Å²) < 4.78 is 1.52. The Bertz CT molecular complexity index is 526. The molecule has 0 fully saturated rings. The maximum absolute atomic E-state index is 10.6. The van der Waals surface area contributed by atoms with Gasteiger partial charge in [0, 0.05) is 18.9 Å². The van der Waals surface area contributed by atoms with E-state index in [0.717, 1.165) is 0 Å². The Kier molecular flexibility index (Phi) is 4.04. The number of hydrogen-bond acceptors (Lipinski definition) is 6. The minimum Gasteiger partial charge on any atom is -0.478 e. The molecule has 1 atom stereocenters. The quantitative estimate of drug-likeness (QED) is 0.663. The number of anilines is 1. The van der Waals surface area contributed by atoms with Crippen molar-refractivity contribution < 1.29 is 15.0 Å². The second-order valence-corrected chi connectivity index (χ2v) is 3.90. The molecule has 100 valence electrons. The van der Waals surface area contributed by atoms with E-state index in [1.54, 1.807) is 12.3 Å². The number of nitrogens with one attached hydrogen (secondary N) is 1. The van der Waals surface area contributed by atoms with Crippen LogP contribution in [0.3, 0.4) is 0 Å². The second kappa shape index (κ2) is 5.91. The number of carbonyl (C=O) groups is 1. The van der Waals surface area contributed by atoms with Gasteiger partial charge in [-0.3, -0.25) is 0 Å². The molecule has 0 amide bonds.